The normalized spacial score (nSPS) is 17.5. The Bertz CT molecular complexity index is 1360. The molecule has 2 aliphatic heterocycles. The van der Waals surface area contributed by atoms with Crippen LogP contribution in [0.2, 0.25) is 0 Å². The predicted molar refractivity (Wildman–Crippen MR) is 149 cm³/mol. The van der Waals surface area contributed by atoms with Gasteiger partial charge in [-0.15, -0.1) is 0 Å². The zero-order valence-corrected chi connectivity index (χ0v) is 22.0. The summed E-state index contributed by atoms with van der Waals surface area (Å²) >= 11 is 0. The maximum absolute atomic E-state index is 14.0. The van der Waals surface area contributed by atoms with E-state index in [1.165, 1.54) is 12.1 Å². The molecule has 8 nitrogen and oxygen atoms in total. The second-order valence-electron chi connectivity index (χ2n) is 10.2. The second kappa shape index (κ2) is 11.3. The van der Waals surface area contributed by atoms with Crippen LogP contribution in [0.3, 0.4) is 0 Å². The first-order valence-corrected chi connectivity index (χ1v) is 13.3. The Labute approximate surface area is 228 Å². The van der Waals surface area contributed by atoms with Crippen molar-refractivity contribution in [2.45, 2.75) is 37.8 Å². The third-order valence-electron chi connectivity index (χ3n) is 7.82. The first-order chi connectivity index (χ1) is 18.9. The fourth-order valence-electron chi connectivity index (χ4n) is 5.70. The molecule has 2 aliphatic rings. The van der Waals surface area contributed by atoms with Crippen molar-refractivity contribution in [3.05, 3.63) is 94.5 Å². The van der Waals surface area contributed by atoms with Crippen molar-refractivity contribution in [2.75, 3.05) is 37.4 Å². The molecule has 1 saturated heterocycles. The number of benzene rings is 3. The fraction of sp³-hybridized carbons (Fsp3) is 0.323. The lowest BCUT2D eigenvalue weighted by molar-refractivity contribution is -0.123. The molecule has 3 N–H and O–H groups in total. The van der Waals surface area contributed by atoms with Gasteiger partial charge in [-0.05, 0) is 78.4 Å². The number of fused-ring (bicyclic) bond motifs is 1. The molecule has 3 aromatic carbocycles. The van der Waals surface area contributed by atoms with Crippen molar-refractivity contribution in [1.82, 2.24) is 4.90 Å². The number of carboxylic acid groups (broad SMARTS) is 1. The standard InChI is InChI=1S/C31H33N3O5/c1-39-24-13-16-33(17-14-24)27-4-2-3-26-25(27)15-18-34(30(36)21-9-11-23(32)12-10-21)29(26)28(35)19-20-5-7-22(8-6-20)31(37)38/h2-12,24,29H,13-19,32H2,1H3,(H,37,38). The number of aromatic carboxylic acids is 1. The van der Waals surface area contributed by atoms with E-state index in [9.17, 15) is 19.5 Å². The van der Waals surface area contributed by atoms with Gasteiger partial charge in [-0.25, -0.2) is 4.79 Å². The maximum atomic E-state index is 14.0. The number of ketones is 1. The van der Waals surface area contributed by atoms with Crippen LogP contribution in [-0.2, 0) is 22.4 Å². The number of methoxy groups -OCH3 is 1. The number of rotatable bonds is 7. The van der Waals surface area contributed by atoms with Gasteiger partial charge in [0.2, 0.25) is 0 Å². The molecule has 202 valence electrons. The fourth-order valence-corrected chi connectivity index (χ4v) is 5.70. The minimum Gasteiger partial charge on any atom is -0.478 e. The molecule has 1 amide bonds. The quantitative estimate of drug-likeness (QED) is 0.444. The number of carbonyl (C=O) groups excluding carboxylic acids is 2. The molecule has 5 rings (SSSR count). The van der Waals surface area contributed by atoms with Crippen LogP contribution in [0, 0.1) is 0 Å². The molecule has 2 heterocycles. The molecule has 1 unspecified atom stereocenters. The number of ether oxygens (including phenoxy) is 1. The Balaban J connectivity index is 1.49. The lowest BCUT2D eigenvalue weighted by Crippen LogP contribution is -2.45. The number of nitrogens with zero attached hydrogens (tertiary/aromatic N) is 2. The SMILES string of the molecule is COC1CCN(c2cccc3c2CCN(C(=O)c2ccc(N)cc2)C3C(=O)Cc2ccc(C(=O)O)cc2)CC1. The van der Waals surface area contributed by atoms with Gasteiger partial charge >= 0.3 is 5.97 Å². The highest BCUT2D eigenvalue weighted by Gasteiger charge is 2.37. The number of piperidine rings is 1. The molecule has 8 heteroatoms. The largest absolute Gasteiger partial charge is 0.478 e. The summed E-state index contributed by atoms with van der Waals surface area (Å²) < 4.78 is 5.55. The Kier molecular flexibility index (Phi) is 7.65. The number of Topliss-reactive ketones (excluding diaryl/α,β-unsaturated/α-hetero) is 1. The Morgan fingerprint density at radius 3 is 2.23 bits per heavy atom. The summed E-state index contributed by atoms with van der Waals surface area (Å²) in [6, 6.07) is 18.4. The minimum absolute atomic E-state index is 0.0823. The van der Waals surface area contributed by atoms with E-state index in [4.69, 9.17) is 10.5 Å². The molecule has 1 atom stereocenters. The predicted octanol–water partition coefficient (Wildman–Crippen LogP) is 4.13. The molecule has 0 bridgehead atoms. The van der Waals surface area contributed by atoms with E-state index in [1.54, 1.807) is 48.4 Å². The van der Waals surface area contributed by atoms with Crippen LogP contribution in [0.4, 0.5) is 11.4 Å². The van der Waals surface area contributed by atoms with Crippen LogP contribution < -0.4 is 10.6 Å². The molecule has 0 saturated carbocycles. The van der Waals surface area contributed by atoms with E-state index >= 15 is 0 Å². The molecule has 39 heavy (non-hydrogen) atoms. The van der Waals surface area contributed by atoms with Crippen LogP contribution >= 0.6 is 0 Å². The first kappa shape index (κ1) is 26.4. The lowest BCUT2D eigenvalue weighted by atomic mass is 9.86. The zero-order valence-electron chi connectivity index (χ0n) is 22.0. The topological polar surface area (TPSA) is 113 Å². The van der Waals surface area contributed by atoms with Crippen molar-refractivity contribution in [3.8, 4) is 0 Å². The van der Waals surface area contributed by atoms with Gasteiger partial charge in [-0.1, -0.05) is 24.3 Å². The van der Waals surface area contributed by atoms with E-state index < -0.39 is 12.0 Å². The number of anilines is 2. The van der Waals surface area contributed by atoms with Gasteiger partial charge in [0.25, 0.3) is 5.91 Å². The van der Waals surface area contributed by atoms with E-state index in [1.807, 2.05) is 12.1 Å². The number of carboxylic acids is 1. The highest BCUT2D eigenvalue weighted by atomic mass is 16.5. The van der Waals surface area contributed by atoms with Gasteiger partial charge < -0.3 is 25.4 Å². The average Bonchev–Trinajstić information content (AvgIpc) is 2.96. The lowest BCUT2D eigenvalue weighted by Gasteiger charge is -2.40. The Morgan fingerprint density at radius 1 is 0.923 bits per heavy atom. The van der Waals surface area contributed by atoms with Gasteiger partial charge in [-0.2, -0.15) is 0 Å². The Morgan fingerprint density at radius 2 is 1.59 bits per heavy atom. The molecular weight excluding hydrogens is 494 g/mol. The van der Waals surface area contributed by atoms with Gasteiger partial charge in [0.15, 0.2) is 5.78 Å². The molecule has 0 spiro atoms. The summed E-state index contributed by atoms with van der Waals surface area (Å²) in [5.41, 5.74) is 10.8. The Hall–Kier alpha value is -4.17. The summed E-state index contributed by atoms with van der Waals surface area (Å²) in [4.78, 5) is 43.0. The second-order valence-corrected chi connectivity index (χ2v) is 10.2. The monoisotopic (exact) mass is 527 g/mol. The smallest absolute Gasteiger partial charge is 0.335 e. The number of amides is 1. The number of nitrogen functional groups attached to an aromatic ring is 1. The van der Waals surface area contributed by atoms with Crippen LogP contribution in [0.1, 0.15) is 56.3 Å². The van der Waals surface area contributed by atoms with Crippen LogP contribution in [0.25, 0.3) is 0 Å². The maximum Gasteiger partial charge on any atom is 0.335 e. The zero-order chi connectivity index (χ0) is 27.5. The summed E-state index contributed by atoms with van der Waals surface area (Å²) in [6.45, 7) is 2.16. The van der Waals surface area contributed by atoms with Crippen molar-refractivity contribution < 1.29 is 24.2 Å². The summed E-state index contributed by atoms with van der Waals surface area (Å²) in [6.07, 6.45) is 2.87. The number of nitrogens with two attached hydrogens (primary N) is 1. The first-order valence-electron chi connectivity index (χ1n) is 13.3. The molecular formula is C31H33N3O5. The van der Waals surface area contributed by atoms with Gasteiger partial charge in [-0.3, -0.25) is 9.59 Å². The molecule has 0 radical (unpaired) electrons. The number of carbonyl (C=O) groups is 3. The van der Waals surface area contributed by atoms with Crippen LogP contribution in [0.15, 0.2) is 66.7 Å². The van der Waals surface area contributed by atoms with Crippen LogP contribution in [-0.4, -0.2) is 60.5 Å². The van der Waals surface area contributed by atoms with Gasteiger partial charge in [0.05, 0.1) is 11.7 Å². The minimum atomic E-state index is -1.02. The summed E-state index contributed by atoms with van der Waals surface area (Å²) in [5.74, 6) is -1.35. The van der Waals surface area contributed by atoms with E-state index in [2.05, 4.69) is 11.0 Å². The molecule has 3 aromatic rings. The van der Waals surface area contributed by atoms with Crippen molar-refractivity contribution in [3.63, 3.8) is 0 Å². The van der Waals surface area contributed by atoms with Gasteiger partial charge in [0, 0.05) is 50.1 Å². The molecule has 0 aliphatic carbocycles. The van der Waals surface area contributed by atoms with Crippen molar-refractivity contribution >= 4 is 29.0 Å². The highest BCUT2D eigenvalue weighted by molar-refractivity contribution is 5.99. The third kappa shape index (κ3) is 5.52. The average molecular weight is 528 g/mol. The number of hydrogen-bond donors (Lipinski definition) is 2. The third-order valence-corrected chi connectivity index (χ3v) is 7.82. The molecule has 1 fully saturated rings. The number of hydrogen-bond acceptors (Lipinski definition) is 6. The summed E-state index contributed by atoms with van der Waals surface area (Å²) in [5, 5.41) is 9.22. The van der Waals surface area contributed by atoms with Crippen LogP contribution in [0.5, 0.6) is 0 Å². The highest BCUT2D eigenvalue weighted by Crippen LogP contribution is 2.38. The van der Waals surface area contributed by atoms with Gasteiger partial charge in [0.1, 0.15) is 6.04 Å². The summed E-state index contributed by atoms with van der Waals surface area (Å²) in [7, 11) is 1.75. The van der Waals surface area contributed by atoms with E-state index in [0.29, 0.717) is 29.8 Å². The van der Waals surface area contributed by atoms with Crippen molar-refractivity contribution in [1.29, 1.82) is 0 Å². The van der Waals surface area contributed by atoms with Crippen molar-refractivity contribution in [2.24, 2.45) is 0 Å². The van der Waals surface area contributed by atoms with E-state index in [-0.39, 0.29) is 29.8 Å². The van der Waals surface area contributed by atoms with E-state index in [0.717, 1.165) is 42.7 Å². The molecule has 0 aromatic heterocycles.